The molecule has 2 N–H and O–H groups in total. The van der Waals surface area contributed by atoms with Crippen molar-refractivity contribution in [3.8, 4) is 0 Å². The molecule has 1 aliphatic heterocycles. The van der Waals surface area contributed by atoms with E-state index in [1.54, 1.807) is 0 Å². The van der Waals surface area contributed by atoms with Gasteiger partial charge in [0.25, 0.3) is 0 Å². The van der Waals surface area contributed by atoms with Crippen LogP contribution in [0.1, 0.15) is 44.1 Å². The summed E-state index contributed by atoms with van der Waals surface area (Å²) in [4.78, 5) is 13.9. The first-order valence-electron chi connectivity index (χ1n) is 8.73. The minimum Gasteiger partial charge on any atom is -0.388 e. The topological polar surface area (TPSA) is 52.6 Å². The molecule has 1 saturated carbocycles. The van der Waals surface area contributed by atoms with Gasteiger partial charge in [-0.15, -0.1) is 0 Å². The molecule has 3 rings (SSSR count). The Bertz CT molecular complexity index is 629. The molecule has 2 amide bonds. The number of anilines is 1. The van der Waals surface area contributed by atoms with Gasteiger partial charge in [0.15, 0.2) is 0 Å². The molecule has 1 heterocycles. The van der Waals surface area contributed by atoms with Crippen LogP contribution in [0.4, 0.5) is 23.7 Å². The zero-order chi connectivity index (χ0) is 18.1. The third kappa shape index (κ3) is 4.08. The number of nitrogens with zero attached hydrogens (tertiary/aromatic N) is 1. The smallest absolute Gasteiger partial charge is 0.388 e. The lowest BCUT2D eigenvalue weighted by atomic mass is 9.76. The molecule has 1 saturated heterocycles. The van der Waals surface area contributed by atoms with Gasteiger partial charge >= 0.3 is 12.2 Å². The molecule has 0 radical (unpaired) electrons. The Morgan fingerprint density at radius 3 is 2.64 bits per heavy atom. The number of hydrogen-bond acceptors (Lipinski definition) is 2. The number of urea groups is 1. The summed E-state index contributed by atoms with van der Waals surface area (Å²) in [6.45, 7) is 0.653. The van der Waals surface area contributed by atoms with Gasteiger partial charge in [-0.1, -0.05) is 25.3 Å². The van der Waals surface area contributed by atoms with Crippen molar-refractivity contribution >= 4 is 11.7 Å². The van der Waals surface area contributed by atoms with Crippen molar-refractivity contribution in [3.05, 3.63) is 29.8 Å². The number of carbonyl (C=O) groups excluding carboxylic acids is 1. The fraction of sp³-hybridized carbons (Fsp3) is 0.611. The van der Waals surface area contributed by atoms with Crippen LogP contribution < -0.4 is 5.32 Å². The highest BCUT2D eigenvalue weighted by atomic mass is 19.4. The first-order chi connectivity index (χ1) is 11.8. The Morgan fingerprint density at radius 2 is 1.96 bits per heavy atom. The van der Waals surface area contributed by atoms with E-state index in [9.17, 15) is 23.1 Å². The van der Waals surface area contributed by atoms with Crippen LogP contribution in [0.25, 0.3) is 0 Å². The number of hydrogen-bond donors (Lipinski definition) is 2. The molecule has 138 valence electrons. The number of aliphatic hydroxyl groups is 1. The normalized spacial score (nSPS) is 25.2. The fourth-order valence-electron chi connectivity index (χ4n) is 3.94. The summed E-state index contributed by atoms with van der Waals surface area (Å²) in [5.74, 6) is 0.201. The monoisotopic (exact) mass is 356 g/mol. The average molecular weight is 356 g/mol. The quantitative estimate of drug-likeness (QED) is 0.832. The van der Waals surface area contributed by atoms with Crippen molar-refractivity contribution in [2.45, 2.75) is 50.3 Å². The summed E-state index contributed by atoms with van der Waals surface area (Å²) >= 11 is 0. The van der Waals surface area contributed by atoms with Crippen LogP contribution in [0.15, 0.2) is 24.3 Å². The molecule has 7 heteroatoms. The van der Waals surface area contributed by atoms with Gasteiger partial charge in [0.1, 0.15) is 0 Å². The lowest BCUT2D eigenvalue weighted by Gasteiger charge is -2.35. The molecule has 4 nitrogen and oxygen atoms in total. The van der Waals surface area contributed by atoms with E-state index in [1.165, 1.54) is 23.5 Å². The second-order valence-corrected chi connectivity index (χ2v) is 7.12. The molecule has 1 aromatic rings. The number of halogens is 3. The average Bonchev–Trinajstić information content (AvgIpc) is 2.99. The number of likely N-dealkylation sites (tertiary alicyclic amines) is 1. The Hall–Kier alpha value is -1.76. The summed E-state index contributed by atoms with van der Waals surface area (Å²) in [5.41, 5.74) is -1.57. The number of rotatable bonds is 2. The predicted octanol–water partition coefficient (Wildman–Crippen LogP) is 4.25. The Kier molecular flexibility index (Phi) is 4.95. The van der Waals surface area contributed by atoms with E-state index < -0.39 is 23.4 Å². The van der Waals surface area contributed by atoms with E-state index in [0.717, 1.165) is 37.8 Å². The summed E-state index contributed by atoms with van der Waals surface area (Å²) in [5, 5.41) is 13.4. The summed E-state index contributed by atoms with van der Waals surface area (Å²) in [6.07, 6.45) is 1.40. The molecule has 1 aromatic carbocycles. The van der Waals surface area contributed by atoms with Gasteiger partial charge in [0.2, 0.25) is 0 Å². The van der Waals surface area contributed by atoms with Gasteiger partial charge in [-0.3, -0.25) is 0 Å². The SMILES string of the molecule is O=C(Nc1cccc(C(F)(F)F)c1)N1CCC(O)(C2CCCCC2)C1. The van der Waals surface area contributed by atoms with Crippen LogP contribution in [0.5, 0.6) is 0 Å². The number of nitrogens with one attached hydrogen (secondary N) is 1. The Morgan fingerprint density at radius 1 is 1.24 bits per heavy atom. The van der Waals surface area contributed by atoms with E-state index in [0.29, 0.717) is 13.0 Å². The maximum Gasteiger partial charge on any atom is 0.416 e. The van der Waals surface area contributed by atoms with E-state index in [1.807, 2.05) is 0 Å². The van der Waals surface area contributed by atoms with Gasteiger partial charge < -0.3 is 15.3 Å². The highest BCUT2D eigenvalue weighted by molar-refractivity contribution is 5.89. The molecule has 2 fully saturated rings. The summed E-state index contributed by atoms with van der Waals surface area (Å²) < 4.78 is 38.3. The third-order valence-corrected chi connectivity index (χ3v) is 5.37. The zero-order valence-corrected chi connectivity index (χ0v) is 14.0. The highest BCUT2D eigenvalue weighted by Gasteiger charge is 2.44. The van der Waals surface area contributed by atoms with Crippen molar-refractivity contribution in [2.24, 2.45) is 5.92 Å². The number of amides is 2. The minimum atomic E-state index is -4.45. The molecular formula is C18H23F3N2O2. The molecule has 0 aromatic heterocycles. The van der Waals surface area contributed by atoms with Gasteiger partial charge in [0, 0.05) is 12.2 Å². The molecular weight excluding hydrogens is 333 g/mol. The predicted molar refractivity (Wildman–Crippen MR) is 88.2 cm³/mol. The van der Waals surface area contributed by atoms with Crippen LogP contribution in [0.3, 0.4) is 0 Å². The second kappa shape index (κ2) is 6.86. The molecule has 25 heavy (non-hydrogen) atoms. The maximum atomic E-state index is 12.8. The van der Waals surface area contributed by atoms with Crippen LogP contribution >= 0.6 is 0 Å². The number of β-amino-alcohol motifs (C(OH)–C–C–N with tert-alkyl or cyclic N) is 1. The van der Waals surface area contributed by atoms with Crippen molar-refractivity contribution in [3.63, 3.8) is 0 Å². The third-order valence-electron chi connectivity index (χ3n) is 5.37. The summed E-state index contributed by atoms with van der Waals surface area (Å²) in [7, 11) is 0. The number of carbonyl (C=O) groups is 1. The molecule has 1 unspecified atom stereocenters. The second-order valence-electron chi connectivity index (χ2n) is 7.12. The van der Waals surface area contributed by atoms with Crippen LogP contribution in [-0.2, 0) is 6.18 Å². The highest BCUT2D eigenvalue weighted by Crippen LogP contribution is 2.38. The first-order valence-corrected chi connectivity index (χ1v) is 8.73. The van der Waals surface area contributed by atoms with Gasteiger partial charge in [-0.25, -0.2) is 4.79 Å². The molecule has 0 bridgehead atoms. The van der Waals surface area contributed by atoms with Crippen molar-refractivity contribution in [1.82, 2.24) is 4.90 Å². The molecule has 1 aliphatic carbocycles. The van der Waals surface area contributed by atoms with Crippen LogP contribution in [-0.4, -0.2) is 34.7 Å². The van der Waals surface area contributed by atoms with E-state index >= 15 is 0 Å². The van der Waals surface area contributed by atoms with Crippen LogP contribution in [0, 0.1) is 5.92 Å². The van der Waals surface area contributed by atoms with E-state index in [2.05, 4.69) is 5.32 Å². The fourth-order valence-corrected chi connectivity index (χ4v) is 3.94. The summed E-state index contributed by atoms with van der Waals surface area (Å²) in [6, 6.07) is 4.11. The largest absolute Gasteiger partial charge is 0.416 e. The van der Waals surface area contributed by atoms with Gasteiger partial charge in [0.05, 0.1) is 17.7 Å². The van der Waals surface area contributed by atoms with Crippen molar-refractivity contribution in [1.29, 1.82) is 0 Å². The molecule has 0 spiro atoms. The Labute approximate surface area is 145 Å². The van der Waals surface area contributed by atoms with E-state index in [-0.39, 0.29) is 18.2 Å². The standard InChI is InChI=1S/C18H23F3N2O2/c19-18(20,21)14-7-4-8-15(11-14)22-16(24)23-10-9-17(25,12-23)13-5-2-1-3-6-13/h4,7-8,11,13,25H,1-3,5-6,9-10,12H2,(H,22,24). The van der Waals surface area contributed by atoms with Crippen LogP contribution in [0.2, 0.25) is 0 Å². The van der Waals surface area contributed by atoms with Crippen molar-refractivity contribution < 1.29 is 23.1 Å². The van der Waals surface area contributed by atoms with E-state index in [4.69, 9.17) is 0 Å². The number of alkyl halides is 3. The Balaban J connectivity index is 1.63. The first kappa shape index (κ1) is 18.0. The minimum absolute atomic E-state index is 0.105. The molecule has 1 atom stereocenters. The van der Waals surface area contributed by atoms with Crippen molar-refractivity contribution in [2.75, 3.05) is 18.4 Å². The zero-order valence-electron chi connectivity index (χ0n) is 14.0. The lowest BCUT2D eigenvalue weighted by molar-refractivity contribution is -0.137. The van der Waals surface area contributed by atoms with Gasteiger partial charge in [-0.05, 0) is 43.4 Å². The number of benzene rings is 1. The van der Waals surface area contributed by atoms with Gasteiger partial charge in [-0.2, -0.15) is 13.2 Å². The maximum absolute atomic E-state index is 12.8. The lowest BCUT2D eigenvalue weighted by Crippen LogP contribution is -2.43. The molecule has 2 aliphatic rings.